The molecular formula is C14H28N2O. The van der Waals surface area contributed by atoms with Gasteiger partial charge in [-0.1, -0.05) is 34.1 Å². The molecule has 0 aromatic heterocycles. The summed E-state index contributed by atoms with van der Waals surface area (Å²) in [6.45, 7) is 10.7. The molecule has 1 fully saturated rings. The van der Waals surface area contributed by atoms with E-state index < -0.39 is 0 Å². The summed E-state index contributed by atoms with van der Waals surface area (Å²) in [5, 5.41) is 3.54. The summed E-state index contributed by atoms with van der Waals surface area (Å²) in [4.78, 5) is 14.7. The van der Waals surface area contributed by atoms with Crippen LogP contribution in [0.5, 0.6) is 0 Å². The zero-order valence-electron chi connectivity index (χ0n) is 12.0. The minimum atomic E-state index is -0.345. The highest BCUT2D eigenvalue weighted by Crippen LogP contribution is 2.29. The third-order valence-corrected chi connectivity index (χ3v) is 4.13. The van der Waals surface area contributed by atoms with E-state index in [0.29, 0.717) is 11.9 Å². The van der Waals surface area contributed by atoms with Crippen LogP contribution in [0.15, 0.2) is 0 Å². The Labute approximate surface area is 106 Å². The molecule has 100 valence electrons. The van der Waals surface area contributed by atoms with Gasteiger partial charge in [-0.2, -0.15) is 0 Å². The van der Waals surface area contributed by atoms with Gasteiger partial charge in [-0.25, -0.2) is 0 Å². The van der Waals surface area contributed by atoms with Crippen LogP contribution in [0.25, 0.3) is 0 Å². The van der Waals surface area contributed by atoms with E-state index in [4.69, 9.17) is 0 Å². The predicted octanol–water partition coefficient (Wildman–Crippen LogP) is 2.90. The van der Waals surface area contributed by atoms with Crippen LogP contribution >= 0.6 is 0 Å². The average Bonchev–Trinajstić information content (AvgIpc) is 2.57. The maximum Gasteiger partial charge on any atom is 0.244 e. The van der Waals surface area contributed by atoms with Crippen LogP contribution in [0.4, 0.5) is 0 Å². The number of hydrogen-bond acceptors (Lipinski definition) is 2. The first-order chi connectivity index (χ1) is 8.03. The molecule has 17 heavy (non-hydrogen) atoms. The Balaban J connectivity index is 2.93. The van der Waals surface area contributed by atoms with Crippen LogP contribution in [0, 0.1) is 0 Å². The fraction of sp³-hybridized carbons (Fsp3) is 0.929. The van der Waals surface area contributed by atoms with Crippen LogP contribution in [0.1, 0.15) is 66.7 Å². The molecule has 1 rings (SSSR count). The average molecular weight is 240 g/mol. The second-order valence-electron chi connectivity index (χ2n) is 5.32. The van der Waals surface area contributed by atoms with Crippen molar-refractivity contribution in [2.75, 3.05) is 0 Å². The lowest BCUT2D eigenvalue weighted by Crippen LogP contribution is -2.44. The van der Waals surface area contributed by atoms with Gasteiger partial charge >= 0.3 is 0 Å². The van der Waals surface area contributed by atoms with Crippen LogP contribution < -0.4 is 5.32 Å². The number of amides is 1. The molecule has 0 bridgehead atoms. The van der Waals surface area contributed by atoms with Crippen molar-refractivity contribution < 1.29 is 4.79 Å². The molecule has 0 saturated carbocycles. The van der Waals surface area contributed by atoms with Gasteiger partial charge in [-0.3, -0.25) is 10.1 Å². The van der Waals surface area contributed by atoms with Gasteiger partial charge in [0.25, 0.3) is 0 Å². The van der Waals surface area contributed by atoms with Crippen molar-refractivity contribution in [2.24, 2.45) is 0 Å². The lowest BCUT2D eigenvalue weighted by Gasteiger charge is -2.31. The van der Waals surface area contributed by atoms with E-state index in [1.165, 1.54) is 0 Å². The van der Waals surface area contributed by atoms with Crippen LogP contribution in [0.2, 0.25) is 0 Å². The lowest BCUT2D eigenvalue weighted by atomic mass is 9.98. The highest BCUT2D eigenvalue weighted by molar-refractivity contribution is 5.88. The highest BCUT2D eigenvalue weighted by atomic mass is 16.2. The molecule has 0 aromatic rings. The number of hydrogen-bond donors (Lipinski definition) is 1. The quantitative estimate of drug-likeness (QED) is 0.774. The summed E-state index contributed by atoms with van der Waals surface area (Å²) in [7, 11) is 0. The molecule has 2 unspecified atom stereocenters. The summed E-state index contributed by atoms with van der Waals surface area (Å²) in [6.07, 6.45) is 5.36. The van der Waals surface area contributed by atoms with Gasteiger partial charge in [-0.15, -0.1) is 0 Å². The number of carbonyl (C=O) groups is 1. The molecule has 1 heterocycles. The van der Waals surface area contributed by atoms with E-state index in [1.807, 2.05) is 6.92 Å². The van der Waals surface area contributed by atoms with Crippen molar-refractivity contribution in [3.8, 4) is 0 Å². The van der Waals surface area contributed by atoms with E-state index in [0.717, 1.165) is 32.1 Å². The van der Waals surface area contributed by atoms with Crippen molar-refractivity contribution in [2.45, 2.75) is 84.5 Å². The smallest absolute Gasteiger partial charge is 0.244 e. The van der Waals surface area contributed by atoms with Gasteiger partial charge in [0, 0.05) is 6.04 Å². The summed E-state index contributed by atoms with van der Waals surface area (Å²) < 4.78 is 0. The van der Waals surface area contributed by atoms with Crippen molar-refractivity contribution in [3.63, 3.8) is 0 Å². The summed E-state index contributed by atoms with van der Waals surface area (Å²) >= 11 is 0. The molecule has 3 nitrogen and oxygen atoms in total. The second kappa shape index (κ2) is 5.85. The van der Waals surface area contributed by atoms with Gasteiger partial charge in [0.05, 0.1) is 11.7 Å². The molecule has 2 atom stereocenters. The predicted molar refractivity (Wildman–Crippen MR) is 71.7 cm³/mol. The topological polar surface area (TPSA) is 32.3 Å². The minimum Gasteiger partial charge on any atom is -0.323 e. The molecule has 1 aliphatic rings. The van der Waals surface area contributed by atoms with Crippen LogP contribution in [0.3, 0.4) is 0 Å². The highest BCUT2D eigenvalue weighted by Gasteiger charge is 2.47. The van der Waals surface area contributed by atoms with Gasteiger partial charge in [0.15, 0.2) is 0 Å². The summed E-state index contributed by atoms with van der Waals surface area (Å²) in [5.41, 5.74) is -0.345. The van der Waals surface area contributed by atoms with Crippen LogP contribution in [-0.2, 0) is 4.79 Å². The van der Waals surface area contributed by atoms with E-state index in [-0.39, 0.29) is 11.7 Å². The van der Waals surface area contributed by atoms with Gasteiger partial charge in [0.2, 0.25) is 5.91 Å². The SMILES string of the molecule is CCCC1NC(C)(CC)C(=O)N1C(CC)CC. The number of carbonyl (C=O) groups excluding carboxylic acids is 1. The zero-order chi connectivity index (χ0) is 13.1. The van der Waals surface area contributed by atoms with Gasteiger partial charge < -0.3 is 4.90 Å². The molecule has 3 heteroatoms. The van der Waals surface area contributed by atoms with Crippen molar-refractivity contribution in [1.82, 2.24) is 10.2 Å². The number of nitrogens with one attached hydrogen (secondary N) is 1. The third-order valence-electron chi connectivity index (χ3n) is 4.13. The fourth-order valence-corrected chi connectivity index (χ4v) is 2.77. The normalized spacial score (nSPS) is 29.4. The molecule has 0 aromatic carbocycles. The standard InChI is InChI=1S/C14H28N2O/c1-6-10-12-15-14(5,9-4)13(17)16(12)11(7-2)8-3/h11-12,15H,6-10H2,1-5H3. The monoisotopic (exact) mass is 240 g/mol. The molecule has 1 amide bonds. The Bertz CT molecular complexity index is 263. The number of nitrogens with zero attached hydrogens (tertiary/aromatic N) is 1. The number of rotatable bonds is 6. The van der Waals surface area contributed by atoms with Crippen molar-refractivity contribution in [3.05, 3.63) is 0 Å². The van der Waals surface area contributed by atoms with Gasteiger partial charge in [-0.05, 0) is 32.6 Å². The largest absolute Gasteiger partial charge is 0.323 e. The molecule has 0 spiro atoms. The molecule has 1 N–H and O–H groups in total. The Morgan fingerprint density at radius 3 is 2.29 bits per heavy atom. The van der Waals surface area contributed by atoms with Crippen LogP contribution in [-0.4, -0.2) is 28.6 Å². The first-order valence-electron chi connectivity index (χ1n) is 7.14. The summed E-state index contributed by atoms with van der Waals surface area (Å²) in [6, 6.07) is 0.389. The van der Waals surface area contributed by atoms with Crippen molar-refractivity contribution in [1.29, 1.82) is 0 Å². The van der Waals surface area contributed by atoms with E-state index in [9.17, 15) is 4.79 Å². The first kappa shape index (κ1) is 14.5. The maximum absolute atomic E-state index is 12.6. The zero-order valence-corrected chi connectivity index (χ0v) is 12.0. The molecular weight excluding hydrogens is 212 g/mol. The Hall–Kier alpha value is -0.570. The summed E-state index contributed by atoms with van der Waals surface area (Å²) in [5.74, 6) is 0.298. The first-order valence-corrected chi connectivity index (χ1v) is 7.14. The Kier molecular flexibility index (Phi) is 4.99. The molecule has 1 saturated heterocycles. The Morgan fingerprint density at radius 1 is 1.29 bits per heavy atom. The van der Waals surface area contributed by atoms with E-state index in [2.05, 4.69) is 37.9 Å². The molecule has 1 aliphatic heterocycles. The van der Waals surface area contributed by atoms with Gasteiger partial charge in [0.1, 0.15) is 0 Å². The van der Waals surface area contributed by atoms with Crippen molar-refractivity contribution >= 4 is 5.91 Å². The third kappa shape index (κ3) is 2.65. The second-order valence-corrected chi connectivity index (χ2v) is 5.32. The lowest BCUT2D eigenvalue weighted by molar-refractivity contribution is -0.135. The Morgan fingerprint density at radius 2 is 1.88 bits per heavy atom. The van der Waals surface area contributed by atoms with E-state index >= 15 is 0 Å². The fourth-order valence-electron chi connectivity index (χ4n) is 2.77. The van der Waals surface area contributed by atoms with E-state index in [1.54, 1.807) is 0 Å². The maximum atomic E-state index is 12.6. The molecule has 0 radical (unpaired) electrons. The minimum absolute atomic E-state index is 0.238. The molecule has 0 aliphatic carbocycles.